The summed E-state index contributed by atoms with van der Waals surface area (Å²) in [6, 6.07) is 0. The third-order valence-corrected chi connectivity index (χ3v) is 5.34. The van der Waals surface area contributed by atoms with E-state index in [2.05, 4.69) is 6.58 Å². The van der Waals surface area contributed by atoms with Crippen molar-refractivity contribution in [1.29, 1.82) is 0 Å². The lowest BCUT2D eigenvalue weighted by molar-refractivity contribution is -0.169. The number of ether oxygens (including phenoxy) is 3. The molecule has 0 aliphatic heterocycles. The van der Waals surface area contributed by atoms with Crippen LogP contribution >= 0.6 is 0 Å². The second kappa shape index (κ2) is 6.79. The summed E-state index contributed by atoms with van der Waals surface area (Å²) in [7, 11) is 3.91. The molecule has 1 saturated carbocycles. The number of hydrogen-bond acceptors (Lipinski definition) is 6. The summed E-state index contributed by atoms with van der Waals surface area (Å²) in [6.07, 6.45) is 1.65. The summed E-state index contributed by atoms with van der Waals surface area (Å²) in [6.45, 7) is 6.00. The molecule has 2 unspecified atom stereocenters. The van der Waals surface area contributed by atoms with Crippen LogP contribution in [0.15, 0.2) is 23.3 Å². The maximum Gasteiger partial charge on any atom is 0.333 e. The van der Waals surface area contributed by atoms with Gasteiger partial charge in [-0.25, -0.2) is 4.79 Å². The molecular weight excluding hydrogens is 312 g/mol. The second-order valence-electron chi connectivity index (χ2n) is 6.63. The van der Waals surface area contributed by atoms with E-state index in [-0.39, 0.29) is 17.8 Å². The molecule has 6 nitrogen and oxygen atoms in total. The van der Waals surface area contributed by atoms with Crippen LogP contribution in [-0.4, -0.2) is 39.2 Å². The summed E-state index contributed by atoms with van der Waals surface area (Å²) >= 11 is 0. The number of carbonyl (C=O) groups is 3. The van der Waals surface area contributed by atoms with Gasteiger partial charge in [-0.3, -0.25) is 9.59 Å². The summed E-state index contributed by atoms with van der Waals surface area (Å²) < 4.78 is 14.6. The minimum Gasteiger partial charge on any atom is -0.468 e. The van der Waals surface area contributed by atoms with Crippen LogP contribution in [0.3, 0.4) is 0 Å². The number of methoxy groups -OCH3 is 3. The van der Waals surface area contributed by atoms with E-state index < -0.39 is 17.4 Å². The van der Waals surface area contributed by atoms with Crippen LogP contribution in [0.4, 0.5) is 0 Å². The zero-order valence-corrected chi connectivity index (χ0v) is 14.6. The number of esters is 3. The Morgan fingerprint density at radius 2 is 1.62 bits per heavy atom. The van der Waals surface area contributed by atoms with E-state index in [1.54, 1.807) is 0 Å². The smallest absolute Gasteiger partial charge is 0.333 e. The lowest BCUT2D eigenvalue weighted by atomic mass is 9.83. The first-order valence-corrected chi connectivity index (χ1v) is 7.92. The first-order chi connectivity index (χ1) is 11.3. The third kappa shape index (κ3) is 2.85. The highest BCUT2D eigenvalue weighted by molar-refractivity contribution is 6.00. The molecule has 0 amide bonds. The molecule has 0 aromatic carbocycles. The molecule has 0 saturated heterocycles. The zero-order valence-electron chi connectivity index (χ0n) is 14.6. The lowest BCUT2D eigenvalue weighted by Crippen LogP contribution is -2.39. The van der Waals surface area contributed by atoms with Crippen molar-refractivity contribution in [3.8, 4) is 0 Å². The molecule has 0 spiro atoms. The second-order valence-corrected chi connectivity index (χ2v) is 6.63. The van der Waals surface area contributed by atoms with Gasteiger partial charge in [0.2, 0.25) is 0 Å². The van der Waals surface area contributed by atoms with Crippen LogP contribution in [0.2, 0.25) is 0 Å². The van der Waals surface area contributed by atoms with Gasteiger partial charge in [0.25, 0.3) is 0 Å². The van der Waals surface area contributed by atoms with Crippen molar-refractivity contribution in [1.82, 2.24) is 0 Å². The van der Waals surface area contributed by atoms with Gasteiger partial charge in [-0.15, -0.1) is 0 Å². The molecule has 2 rings (SSSR count). The molecule has 0 aromatic heterocycles. The summed E-state index contributed by atoms with van der Waals surface area (Å²) in [5.74, 6) is -1.48. The first-order valence-electron chi connectivity index (χ1n) is 7.92. The van der Waals surface area contributed by atoms with Crippen LogP contribution in [0.5, 0.6) is 0 Å². The molecule has 2 atom stereocenters. The van der Waals surface area contributed by atoms with Gasteiger partial charge in [0.15, 0.2) is 5.41 Å². The Balaban J connectivity index is 2.38. The Kier molecular flexibility index (Phi) is 5.16. The lowest BCUT2D eigenvalue weighted by Gasteiger charge is -2.24. The Bertz CT molecular complexity index is 599. The molecule has 0 N–H and O–H groups in total. The van der Waals surface area contributed by atoms with Gasteiger partial charge >= 0.3 is 17.9 Å². The van der Waals surface area contributed by atoms with E-state index in [0.29, 0.717) is 31.3 Å². The van der Waals surface area contributed by atoms with Crippen molar-refractivity contribution < 1.29 is 28.6 Å². The average molecular weight is 336 g/mol. The quantitative estimate of drug-likeness (QED) is 0.340. The minimum atomic E-state index is -1.29. The third-order valence-electron chi connectivity index (χ3n) is 5.34. The Morgan fingerprint density at radius 3 is 2.12 bits per heavy atom. The number of carbonyl (C=O) groups excluding carboxylic acids is 3. The van der Waals surface area contributed by atoms with Crippen molar-refractivity contribution in [2.75, 3.05) is 21.3 Å². The highest BCUT2D eigenvalue weighted by atomic mass is 16.5. The van der Waals surface area contributed by atoms with Crippen LogP contribution in [0.1, 0.15) is 32.6 Å². The predicted molar refractivity (Wildman–Crippen MR) is 85.8 cm³/mol. The van der Waals surface area contributed by atoms with E-state index in [4.69, 9.17) is 14.2 Å². The summed E-state index contributed by atoms with van der Waals surface area (Å²) in [5, 5.41) is 0. The van der Waals surface area contributed by atoms with Crippen molar-refractivity contribution in [3.63, 3.8) is 0 Å². The van der Waals surface area contributed by atoms with Crippen LogP contribution < -0.4 is 0 Å². The maximum atomic E-state index is 12.3. The maximum absolute atomic E-state index is 12.3. The van der Waals surface area contributed by atoms with E-state index >= 15 is 0 Å². The summed E-state index contributed by atoms with van der Waals surface area (Å²) in [4.78, 5) is 36.6. The van der Waals surface area contributed by atoms with E-state index in [1.807, 2.05) is 6.92 Å². The van der Waals surface area contributed by atoms with Gasteiger partial charge in [0.1, 0.15) is 0 Å². The summed E-state index contributed by atoms with van der Waals surface area (Å²) in [5.41, 5.74) is 1.09. The normalized spacial score (nSPS) is 25.6. The van der Waals surface area contributed by atoms with Crippen molar-refractivity contribution in [2.24, 2.45) is 17.3 Å². The van der Waals surface area contributed by atoms with Gasteiger partial charge in [0.05, 0.1) is 21.3 Å². The largest absolute Gasteiger partial charge is 0.468 e. The monoisotopic (exact) mass is 336 g/mol. The highest BCUT2D eigenvalue weighted by Gasteiger charge is 2.58. The fraction of sp³-hybridized carbons (Fsp3) is 0.611. The molecule has 2 aliphatic carbocycles. The molecule has 2 aliphatic rings. The molecule has 0 aromatic rings. The number of hydrogen-bond donors (Lipinski definition) is 0. The van der Waals surface area contributed by atoms with E-state index in [0.717, 1.165) is 11.1 Å². The van der Waals surface area contributed by atoms with E-state index in [9.17, 15) is 14.4 Å². The standard InChI is InChI=1S/C18H24O6/c1-10-6-12-8-18(16(20)23-4,17(21)24-5)9-14(12)11(2)7-13(10)15(19)22-3/h12,14H,2,6-9H2,1,3-5H3. The number of rotatable bonds is 3. The number of fused-ring (bicyclic) bond motifs is 1. The molecule has 6 heteroatoms. The fourth-order valence-electron chi connectivity index (χ4n) is 4.11. The molecule has 0 radical (unpaired) electrons. The van der Waals surface area contributed by atoms with Gasteiger partial charge < -0.3 is 14.2 Å². The average Bonchev–Trinajstić information content (AvgIpc) is 2.92. The molecular formula is C18H24O6. The molecule has 0 bridgehead atoms. The predicted octanol–water partition coefficient (Wildman–Crippen LogP) is 2.18. The van der Waals surface area contributed by atoms with Crippen LogP contribution in [-0.2, 0) is 28.6 Å². The SMILES string of the molecule is C=C1CC(C(=O)OC)=C(C)CC2CC(C(=O)OC)(C(=O)OC)CC12. The van der Waals surface area contributed by atoms with Gasteiger partial charge in [-0.2, -0.15) is 0 Å². The molecule has 24 heavy (non-hydrogen) atoms. The topological polar surface area (TPSA) is 78.9 Å². The zero-order chi connectivity index (χ0) is 18.1. The highest BCUT2D eigenvalue weighted by Crippen LogP contribution is 2.54. The van der Waals surface area contributed by atoms with Crippen LogP contribution in [0, 0.1) is 17.3 Å². The molecule has 132 valence electrons. The first kappa shape index (κ1) is 18.2. The van der Waals surface area contributed by atoms with Crippen molar-refractivity contribution >= 4 is 17.9 Å². The van der Waals surface area contributed by atoms with Crippen molar-refractivity contribution in [2.45, 2.75) is 32.6 Å². The van der Waals surface area contributed by atoms with Gasteiger partial charge in [-0.05, 0) is 38.0 Å². The molecule has 0 heterocycles. The van der Waals surface area contributed by atoms with Crippen molar-refractivity contribution in [3.05, 3.63) is 23.3 Å². The van der Waals surface area contributed by atoms with Gasteiger partial charge in [-0.1, -0.05) is 17.7 Å². The Hall–Kier alpha value is -2.11. The molecule has 1 fully saturated rings. The fourth-order valence-corrected chi connectivity index (χ4v) is 4.11. The Labute approximate surface area is 141 Å². The van der Waals surface area contributed by atoms with Gasteiger partial charge in [0, 0.05) is 12.0 Å². The minimum absolute atomic E-state index is 0.0397. The Morgan fingerprint density at radius 1 is 1.04 bits per heavy atom. The number of allylic oxidation sites excluding steroid dienone is 2. The van der Waals surface area contributed by atoms with E-state index in [1.165, 1.54) is 21.3 Å². The van der Waals surface area contributed by atoms with Crippen LogP contribution in [0.25, 0.3) is 0 Å².